The highest BCUT2D eigenvalue weighted by Gasteiger charge is 2.44. The number of carboxylic acid groups (broad SMARTS) is 1. The Morgan fingerprint density at radius 2 is 2.11 bits per heavy atom. The zero-order valence-corrected chi connectivity index (χ0v) is 11.7. The number of carbonyl (C=O) groups is 2. The molecule has 0 aromatic heterocycles. The molecule has 1 fully saturated rings. The van der Waals surface area contributed by atoms with Crippen molar-refractivity contribution in [3.63, 3.8) is 0 Å². The number of urea groups is 1. The number of nitrogens with zero attached hydrogens (tertiary/aromatic N) is 1. The zero-order chi connectivity index (χ0) is 13.9. The molecule has 2 unspecified atom stereocenters. The summed E-state index contributed by atoms with van der Waals surface area (Å²) in [6.07, 6.45) is 2.52. The summed E-state index contributed by atoms with van der Waals surface area (Å²) in [6.45, 7) is 8.24. The average Bonchev–Trinajstić information content (AvgIpc) is 2.26. The number of amides is 2. The molecule has 1 heterocycles. The fraction of sp³-hybridized carbons (Fsp3) is 0.846. The molecule has 0 aromatic rings. The Labute approximate surface area is 109 Å². The van der Waals surface area contributed by atoms with Crippen molar-refractivity contribution in [2.24, 2.45) is 5.41 Å². The third-order valence-corrected chi connectivity index (χ3v) is 3.75. The predicted molar refractivity (Wildman–Crippen MR) is 69.4 cm³/mol. The Morgan fingerprint density at radius 3 is 2.61 bits per heavy atom. The van der Waals surface area contributed by atoms with Crippen LogP contribution in [0.25, 0.3) is 0 Å². The minimum atomic E-state index is -0.918. The molecule has 0 bridgehead atoms. The maximum absolute atomic E-state index is 12.1. The highest BCUT2D eigenvalue weighted by Crippen LogP contribution is 2.35. The van der Waals surface area contributed by atoms with Crippen LogP contribution in [-0.2, 0) is 4.79 Å². The molecule has 2 N–H and O–H groups in total. The quantitative estimate of drug-likeness (QED) is 0.812. The summed E-state index contributed by atoms with van der Waals surface area (Å²) in [7, 11) is 0. The van der Waals surface area contributed by atoms with Gasteiger partial charge in [-0.2, -0.15) is 0 Å². The van der Waals surface area contributed by atoms with E-state index in [1.807, 2.05) is 27.7 Å². The number of piperidine rings is 1. The van der Waals surface area contributed by atoms with Crippen molar-refractivity contribution in [3.8, 4) is 0 Å². The molecule has 1 rings (SSSR count). The van der Waals surface area contributed by atoms with E-state index in [9.17, 15) is 14.7 Å². The topological polar surface area (TPSA) is 69.6 Å². The largest absolute Gasteiger partial charge is 0.480 e. The van der Waals surface area contributed by atoms with Gasteiger partial charge in [0.15, 0.2) is 0 Å². The van der Waals surface area contributed by atoms with Gasteiger partial charge in [0, 0.05) is 12.6 Å². The van der Waals surface area contributed by atoms with Gasteiger partial charge < -0.3 is 15.3 Å². The highest BCUT2D eigenvalue weighted by atomic mass is 16.4. The van der Waals surface area contributed by atoms with Crippen LogP contribution in [0.5, 0.6) is 0 Å². The molecule has 1 aliphatic rings. The Kier molecular flexibility index (Phi) is 4.59. The Hall–Kier alpha value is -1.26. The van der Waals surface area contributed by atoms with Crippen LogP contribution in [0, 0.1) is 5.41 Å². The second-order valence-electron chi connectivity index (χ2n) is 5.79. The maximum atomic E-state index is 12.1. The first-order chi connectivity index (χ1) is 8.29. The first-order valence-electron chi connectivity index (χ1n) is 6.59. The van der Waals surface area contributed by atoms with Gasteiger partial charge in [-0.05, 0) is 31.6 Å². The molecule has 18 heavy (non-hydrogen) atoms. The molecule has 0 radical (unpaired) electrons. The molecule has 1 saturated heterocycles. The number of likely N-dealkylation sites (tertiary alicyclic amines) is 1. The first kappa shape index (κ1) is 14.8. The summed E-state index contributed by atoms with van der Waals surface area (Å²) in [5.41, 5.74) is -0.378. The third-order valence-electron chi connectivity index (χ3n) is 3.75. The zero-order valence-electron chi connectivity index (χ0n) is 11.7. The number of hydrogen-bond acceptors (Lipinski definition) is 2. The van der Waals surface area contributed by atoms with E-state index < -0.39 is 12.0 Å². The molecule has 5 heteroatoms. The smallest absolute Gasteiger partial charge is 0.327 e. The lowest BCUT2D eigenvalue weighted by Gasteiger charge is -2.44. The molecule has 0 aliphatic carbocycles. The van der Waals surface area contributed by atoms with Gasteiger partial charge in [-0.25, -0.2) is 9.59 Å². The van der Waals surface area contributed by atoms with Crippen molar-refractivity contribution in [2.45, 2.75) is 59.0 Å². The second kappa shape index (κ2) is 5.59. The van der Waals surface area contributed by atoms with Gasteiger partial charge >= 0.3 is 12.0 Å². The van der Waals surface area contributed by atoms with E-state index >= 15 is 0 Å². The van der Waals surface area contributed by atoms with Gasteiger partial charge in [-0.15, -0.1) is 0 Å². The fourth-order valence-electron chi connectivity index (χ4n) is 2.47. The van der Waals surface area contributed by atoms with Gasteiger partial charge in [0.05, 0.1) is 0 Å². The van der Waals surface area contributed by atoms with Gasteiger partial charge in [-0.1, -0.05) is 20.8 Å². The van der Waals surface area contributed by atoms with Crippen LogP contribution in [0.2, 0.25) is 0 Å². The normalized spacial score (nSPS) is 24.4. The van der Waals surface area contributed by atoms with E-state index in [0.29, 0.717) is 6.54 Å². The fourth-order valence-corrected chi connectivity index (χ4v) is 2.47. The van der Waals surface area contributed by atoms with Crippen molar-refractivity contribution in [1.29, 1.82) is 0 Å². The molecule has 1 aliphatic heterocycles. The molecule has 104 valence electrons. The number of carbonyl (C=O) groups excluding carboxylic acids is 1. The molecule has 0 aromatic carbocycles. The summed E-state index contributed by atoms with van der Waals surface area (Å²) in [5.74, 6) is -0.918. The molecule has 0 spiro atoms. The number of aliphatic carboxylic acids is 1. The third kappa shape index (κ3) is 3.15. The van der Waals surface area contributed by atoms with Gasteiger partial charge in [0.25, 0.3) is 0 Å². The Balaban J connectivity index is 2.84. The number of carboxylic acids is 1. The van der Waals surface area contributed by atoms with Gasteiger partial charge in [0.2, 0.25) is 0 Å². The van der Waals surface area contributed by atoms with Crippen LogP contribution in [0.4, 0.5) is 4.79 Å². The van der Waals surface area contributed by atoms with Crippen LogP contribution < -0.4 is 5.32 Å². The van der Waals surface area contributed by atoms with E-state index in [0.717, 1.165) is 19.3 Å². The van der Waals surface area contributed by atoms with Crippen molar-refractivity contribution in [2.75, 3.05) is 6.54 Å². The number of nitrogens with one attached hydrogen (secondary N) is 1. The maximum Gasteiger partial charge on any atom is 0.327 e. The summed E-state index contributed by atoms with van der Waals surface area (Å²) in [5, 5.41) is 12.2. The SMILES string of the molecule is CCC(C)NC(=O)N1CCCC(C)(C)C1C(=O)O. The lowest BCUT2D eigenvalue weighted by atomic mass is 9.76. The molecule has 2 amide bonds. The standard InChI is InChI=1S/C13H24N2O3/c1-5-9(2)14-12(18)15-8-6-7-13(3,4)10(15)11(16)17/h9-10H,5-8H2,1-4H3,(H,14,18)(H,16,17). The van der Waals surface area contributed by atoms with E-state index in [1.165, 1.54) is 4.90 Å². The lowest BCUT2D eigenvalue weighted by molar-refractivity contribution is -0.148. The summed E-state index contributed by atoms with van der Waals surface area (Å²) >= 11 is 0. The molecule has 0 saturated carbocycles. The van der Waals surface area contributed by atoms with E-state index in [4.69, 9.17) is 0 Å². The number of rotatable bonds is 3. The van der Waals surface area contributed by atoms with E-state index in [2.05, 4.69) is 5.32 Å². The van der Waals surface area contributed by atoms with Crippen LogP contribution in [0.1, 0.15) is 47.0 Å². The average molecular weight is 256 g/mol. The van der Waals surface area contributed by atoms with Crippen molar-refractivity contribution < 1.29 is 14.7 Å². The summed E-state index contributed by atoms with van der Waals surface area (Å²) in [4.78, 5) is 25.0. The van der Waals surface area contributed by atoms with E-state index in [1.54, 1.807) is 0 Å². The van der Waals surface area contributed by atoms with Crippen molar-refractivity contribution in [3.05, 3.63) is 0 Å². The van der Waals surface area contributed by atoms with Crippen molar-refractivity contribution in [1.82, 2.24) is 10.2 Å². The van der Waals surface area contributed by atoms with Crippen LogP contribution >= 0.6 is 0 Å². The van der Waals surface area contributed by atoms with Crippen LogP contribution in [0.15, 0.2) is 0 Å². The molecule has 2 atom stereocenters. The first-order valence-corrected chi connectivity index (χ1v) is 6.59. The Morgan fingerprint density at radius 1 is 1.50 bits per heavy atom. The predicted octanol–water partition coefficient (Wildman–Crippen LogP) is 2.07. The monoisotopic (exact) mass is 256 g/mol. The minimum Gasteiger partial charge on any atom is -0.480 e. The molecular formula is C13H24N2O3. The highest BCUT2D eigenvalue weighted by molar-refractivity contribution is 5.83. The van der Waals surface area contributed by atoms with Crippen molar-refractivity contribution >= 4 is 12.0 Å². The lowest BCUT2D eigenvalue weighted by Crippen LogP contribution is -2.59. The minimum absolute atomic E-state index is 0.0667. The van der Waals surface area contributed by atoms with Gasteiger partial charge in [-0.3, -0.25) is 0 Å². The van der Waals surface area contributed by atoms with E-state index in [-0.39, 0.29) is 17.5 Å². The molecular weight excluding hydrogens is 232 g/mol. The summed E-state index contributed by atoms with van der Waals surface area (Å²) < 4.78 is 0. The Bertz CT molecular complexity index is 328. The number of hydrogen-bond donors (Lipinski definition) is 2. The summed E-state index contributed by atoms with van der Waals surface area (Å²) in [6, 6.07) is -0.934. The molecule has 5 nitrogen and oxygen atoms in total. The van der Waals surface area contributed by atoms with Crippen LogP contribution in [-0.4, -0.2) is 40.6 Å². The van der Waals surface area contributed by atoms with Gasteiger partial charge in [0.1, 0.15) is 6.04 Å². The van der Waals surface area contributed by atoms with Crippen LogP contribution in [0.3, 0.4) is 0 Å². The second-order valence-corrected chi connectivity index (χ2v) is 5.79.